The third-order valence-corrected chi connectivity index (χ3v) is 4.32. The van der Waals surface area contributed by atoms with Crippen LogP contribution in [0.3, 0.4) is 0 Å². The van der Waals surface area contributed by atoms with Crippen LogP contribution < -0.4 is 0 Å². The maximum absolute atomic E-state index is 12.3. The minimum atomic E-state index is -1.63. The molecule has 0 aromatic rings. The maximum atomic E-state index is 12.3. The number of aliphatic hydroxyl groups is 2. The number of rotatable bonds is 4. The number of esters is 3. The molecule has 1 aliphatic heterocycles. The van der Waals surface area contributed by atoms with Gasteiger partial charge in [0.05, 0.1) is 16.2 Å². The average Bonchev–Trinajstić information content (AvgIpc) is 2.56. The van der Waals surface area contributed by atoms with Crippen LogP contribution in [-0.2, 0) is 33.3 Å². The van der Waals surface area contributed by atoms with E-state index in [-0.39, 0.29) is 6.61 Å². The van der Waals surface area contributed by atoms with Crippen LogP contribution in [0.1, 0.15) is 62.3 Å². The topological polar surface area (TPSA) is 129 Å². The van der Waals surface area contributed by atoms with Gasteiger partial charge in [0.15, 0.2) is 12.2 Å². The maximum Gasteiger partial charge on any atom is 0.313 e. The van der Waals surface area contributed by atoms with E-state index in [1.54, 1.807) is 62.3 Å². The van der Waals surface area contributed by atoms with E-state index in [4.69, 9.17) is 18.9 Å². The summed E-state index contributed by atoms with van der Waals surface area (Å²) in [5, 5.41) is 21.3. The van der Waals surface area contributed by atoms with Crippen molar-refractivity contribution in [1.29, 1.82) is 0 Å². The molecule has 0 bridgehead atoms. The quantitative estimate of drug-likeness (QED) is 0.502. The van der Waals surface area contributed by atoms with Crippen molar-refractivity contribution in [2.45, 2.75) is 93.0 Å². The SMILES string of the molecule is CC(C)(C)C(=O)OC[C@H]1O[C@@H](OC(=O)C(C)(C)C)[C@@H](O)[C@@H](OC(=O)C(C)(C)C)[C@@H]1O. The van der Waals surface area contributed by atoms with Crippen molar-refractivity contribution in [2.24, 2.45) is 16.2 Å². The number of carbonyl (C=O) groups excluding carboxylic acids is 3. The second-order valence-electron chi connectivity index (χ2n) is 10.6. The molecule has 1 rings (SSSR count). The van der Waals surface area contributed by atoms with E-state index < -0.39 is 64.9 Å². The van der Waals surface area contributed by atoms with Gasteiger partial charge < -0.3 is 29.2 Å². The van der Waals surface area contributed by atoms with Gasteiger partial charge in [-0.3, -0.25) is 14.4 Å². The summed E-state index contributed by atoms with van der Waals surface area (Å²) < 4.78 is 21.3. The first-order chi connectivity index (χ1) is 13.4. The molecule has 1 aliphatic rings. The highest BCUT2D eigenvalue weighted by atomic mass is 16.7. The number of hydrogen-bond donors (Lipinski definition) is 2. The normalized spacial score (nSPS) is 27.9. The van der Waals surface area contributed by atoms with Gasteiger partial charge in [0.1, 0.15) is 18.8 Å². The van der Waals surface area contributed by atoms with Crippen molar-refractivity contribution < 1.29 is 43.5 Å². The van der Waals surface area contributed by atoms with Crippen LogP contribution in [-0.4, -0.2) is 65.4 Å². The molecular formula is C21H36O9. The van der Waals surface area contributed by atoms with Crippen LogP contribution in [0.2, 0.25) is 0 Å². The minimum absolute atomic E-state index is 0.378. The van der Waals surface area contributed by atoms with Gasteiger partial charge in [0, 0.05) is 0 Å². The van der Waals surface area contributed by atoms with Crippen molar-refractivity contribution in [2.75, 3.05) is 6.61 Å². The van der Waals surface area contributed by atoms with E-state index in [1.165, 1.54) is 0 Å². The van der Waals surface area contributed by atoms with Gasteiger partial charge in [0.2, 0.25) is 6.29 Å². The Morgan fingerprint density at radius 1 is 0.733 bits per heavy atom. The fraction of sp³-hybridized carbons (Fsp3) is 0.857. The Labute approximate surface area is 178 Å². The van der Waals surface area contributed by atoms with E-state index in [2.05, 4.69) is 0 Å². The van der Waals surface area contributed by atoms with Crippen LogP contribution >= 0.6 is 0 Å². The molecule has 1 fully saturated rings. The lowest BCUT2D eigenvalue weighted by Crippen LogP contribution is -2.61. The predicted octanol–water partition coefficient (Wildman–Crippen LogP) is 1.57. The molecule has 1 heterocycles. The van der Waals surface area contributed by atoms with Gasteiger partial charge >= 0.3 is 17.9 Å². The Kier molecular flexibility index (Phi) is 8.07. The van der Waals surface area contributed by atoms with Crippen LogP contribution in [0.15, 0.2) is 0 Å². The van der Waals surface area contributed by atoms with Gasteiger partial charge in [0.25, 0.3) is 0 Å². The summed E-state index contributed by atoms with van der Waals surface area (Å²) in [5.41, 5.74) is -2.57. The molecule has 174 valence electrons. The monoisotopic (exact) mass is 432 g/mol. The first kappa shape index (κ1) is 26.3. The van der Waals surface area contributed by atoms with E-state index in [9.17, 15) is 24.6 Å². The molecule has 9 nitrogen and oxygen atoms in total. The molecule has 30 heavy (non-hydrogen) atoms. The van der Waals surface area contributed by atoms with Gasteiger partial charge in [-0.05, 0) is 62.3 Å². The van der Waals surface area contributed by atoms with Crippen LogP contribution in [0, 0.1) is 16.2 Å². The Hall–Kier alpha value is -1.71. The second-order valence-corrected chi connectivity index (χ2v) is 10.6. The van der Waals surface area contributed by atoms with E-state index in [0.717, 1.165) is 0 Å². The van der Waals surface area contributed by atoms with Crippen molar-refractivity contribution >= 4 is 17.9 Å². The van der Waals surface area contributed by atoms with Gasteiger partial charge in [-0.25, -0.2) is 0 Å². The Morgan fingerprint density at radius 3 is 1.60 bits per heavy atom. The zero-order valence-electron chi connectivity index (χ0n) is 19.3. The first-order valence-electron chi connectivity index (χ1n) is 9.96. The predicted molar refractivity (Wildman–Crippen MR) is 106 cm³/mol. The van der Waals surface area contributed by atoms with E-state index in [0.29, 0.717) is 0 Å². The lowest BCUT2D eigenvalue weighted by atomic mass is 9.94. The van der Waals surface area contributed by atoms with E-state index in [1.807, 2.05) is 0 Å². The van der Waals surface area contributed by atoms with Crippen LogP contribution in [0.25, 0.3) is 0 Å². The van der Waals surface area contributed by atoms with Crippen molar-refractivity contribution in [3.63, 3.8) is 0 Å². The van der Waals surface area contributed by atoms with Gasteiger partial charge in [-0.1, -0.05) is 0 Å². The first-order valence-corrected chi connectivity index (χ1v) is 9.96. The Morgan fingerprint density at radius 2 is 1.17 bits per heavy atom. The van der Waals surface area contributed by atoms with Crippen molar-refractivity contribution in [1.82, 2.24) is 0 Å². The Bertz CT molecular complexity index is 636. The highest BCUT2D eigenvalue weighted by molar-refractivity contribution is 5.76. The van der Waals surface area contributed by atoms with Crippen molar-refractivity contribution in [3.8, 4) is 0 Å². The average molecular weight is 433 g/mol. The molecule has 0 radical (unpaired) electrons. The third-order valence-electron chi connectivity index (χ3n) is 4.32. The lowest BCUT2D eigenvalue weighted by Gasteiger charge is -2.42. The second kappa shape index (κ2) is 9.20. The van der Waals surface area contributed by atoms with E-state index >= 15 is 0 Å². The van der Waals surface area contributed by atoms with Crippen LogP contribution in [0.4, 0.5) is 0 Å². The molecule has 0 aliphatic carbocycles. The third kappa shape index (κ3) is 6.92. The molecule has 0 saturated carbocycles. The number of carbonyl (C=O) groups is 3. The lowest BCUT2D eigenvalue weighted by molar-refractivity contribution is -0.299. The summed E-state index contributed by atoms with van der Waals surface area (Å²) in [6.45, 7) is 14.3. The molecule has 0 unspecified atom stereocenters. The summed E-state index contributed by atoms with van der Waals surface area (Å²) in [6, 6.07) is 0. The zero-order chi connectivity index (χ0) is 23.7. The fourth-order valence-electron chi connectivity index (χ4n) is 2.23. The smallest absolute Gasteiger partial charge is 0.313 e. The molecule has 5 atom stereocenters. The molecule has 9 heteroatoms. The molecule has 0 aromatic carbocycles. The number of aliphatic hydroxyl groups excluding tert-OH is 2. The highest BCUT2D eigenvalue weighted by Gasteiger charge is 2.50. The fourth-order valence-corrected chi connectivity index (χ4v) is 2.23. The standard InChI is InChI=1S/C21H36O9/c1-19(2,3)16(24)27-10-11-12(22)14(29-17(25)20(4,5)6)13(23)15(28-11)30-18(26)21(7,8)9/h11-15,22-23H,10H2,1-9H3/t11-,12-,13+,14+,15+/m1/s1. The largest absolute Gasteiger partial charge is 0.462 e. The van der Waals surface area contributed by atoms with Crippen LogP contribution in [0.5, 0.6) is 0 Å². The summed E-state index contributed by atoms with van der Waals surface area (Å²) in [6.07, 6.45) is -7.29. The molecule has 0 spiro atoms. The highest BCUT2D eigenvalue weighted by Crippen LogP contribution is 2.29. The number of ether oxygens (including phenoxy) is 4. The zero-order valence-corrected chi connectivity index (χ0v) is 19.3. The summed E-state index contributed by atoms with van der Waals surface area (Å²) in [5.74, 6) is -1.86. The molecule has 0 amide bonds. The molecule has 1 saturated heterocycles. The van der Waals surface area contributed by atoms with Gasteiger partial charge in [-0.2, -0.15) is 0 Å². The summed E-state index contributed by atoms with van der Waals surface area (Å²) >= 11 is 0. The minimum Gasteiger partial charge on any atom is -0.462 e. The summed E-state index contributed by atoms with van der Waals surface area (Å²) in [4.78, 5) is 36.7. The van der Waals surface area contributed by atoms with Gasteiger partial charge in [-0.15, -0.1) is 0 Å². The molecule has 0 aromatic heterocycles. The Balaban J connectivity index is 3.08. The molecular weight excluding hydrogens is 396 g/mol. The van der Waals surface area contributed by atoms with Crippen molar-refractivity contribution in [3.05, 3.63) is 0 Å². The summed E-state index contributed by atoms with van der Waals surface area (Å²) in [7, 11) is 0. The number of hydrogen-bond acceptors (Lipinski definition) is 9. The molecule has 2 N–H and O–H groups in total.